The van der Waals surface area contributed by atoms with E-state index in [4.69, 9.17) is 4.74 Å². The third-order valence-corrected chi connectivity index (χ3v) is 3.99. The van der Waals surface area contributed by atoms with Crippen LogP contribution in [0.1, 0.15) is 34.3 Å². The number of benzene rings is 1. The molecule has 1 fully saturated rings. The number of amides is 1. The van der Waals surface area contributed by atoms with E-state index in [2.05, 4.69) is 0 Å². The molecule has 1 aromatic carbocycles. The van der Waals surface area contributed by atoms with Crippen LogP contribution in [0.4, 0.5) is 0 Å². The van der Waals surface area contributed by atoms with Gasteiger partial charge in [-0.15, -0.1) is 0 Å². The Balaban J connectivity index is 2.34. The molecule has 5 nitrogen and oxygen atoms in total. The van der Waals surface area contributed by atoms with Crippen LogP contribution in [0.15, 0.2) is 12.1 Å². The van der Waals surface area contributed by atoms with Crippen molar-refractivity contribution in [3.63, 3.8) is 0 Å². The van der Waals surface area contributed by atoms with Crippen LogP contribution < -0.4 is 4.74 Å². The molecule has 0 spiro atoms. The van der Waals surface area contributed by atoms with Gasteiger partial charge in [0.05, 0.1) is 7.11 Å². The highest BCUT2D eigenvalue weighted by Gasteiger charge is 2.35. The highest BCUT2D eigenvalue weighted by atomic mass is 16.5. The Morgan fingerprint density at radius 1 is 1.30 bits per heavy atom. The van der Waals surface area contributed by atoms with Crippen LogP contribution in [-0.2, 0) is 4.79 Å². The van der Waals surface area contributed by atoms with Gasteiger partial charge in [-0.3, -0.25) is 4.79 Å². The van der Waals surface area contributed by atoms with E-state index < -0.39 is 12.0 Å². The molecule has 1 unspecified atom stereocenters. The van der Waals surface area contributed by atoms with Crippen molar-refractivity contribution >= 4 is 11.9 Å². The van der Waals surface area contributed by atoms with Crippen LogP contribution in [0, 0.1) is 13.8 Å². The average Bonchev–Trinajstić information content (AvgIpc) is 2.90. The van der Waals surface area contributed by atoms with Gasteiger partial charge in [0.15, 0.2) is 0 Å². The van der Waals surface area contributed by atoms with E-state index in [1.807, 2.05) is 13.8 Å². The van der Waals surface area contributed by atoms with Gasteiger partial charge in [-0.2, -0.15) is 0 Å². The SMILES string of the molecule is COc1ccc(C(=O)N2CCCC2C(=O)O)c(C)c1C. The summed E-state index contributed by atoms with van der Waals surface area (Å²) >= 11 is 0. The standard InChI is InChI=1S/C15H19NO4/c1-9-10(2)13(20-3)7-6-11(9)14(17)16-8-4-5-12(16)15(18)19/h6-7,12H,4-5,8H2,1-3H3,(H,18,19). The van der Waals surface area contributed by atoms with E-state index in [1.165, 1.54) is 4.90 Å². The molecule has 1 N–H and O–H groups in total. The molecule has 1 aliphatic heterocycles. The second-order valence-corrected chi connectivity index (χ2v) is 5.06. The maximum Gasteiger partial charge on any atom is 0.326 e. The first-order chi connectivity index (χ1) is 9.47. The van der Waals surface area contributed by atoms with Gasteiger partial charge in [-0.25, -0.2) is 4.79 Å². The second-order valence-electron chi connectivity index (χ2n) is 5.06. The molecule has 1 atom stereocenters. The van der Waals surface area contributed by atoms with Gasteiger partial charge in [0, 0.05) is 12.1 Å². The Kier molecular flexibility index (Phi) is 3.97. The number of hydrogen-bond acceptors (Lipinski definition) is 3. The summed E-state index contributed by atoms with van der Waals surface area (Å²) < 4.78 is 5.23. The summed E-state index contributed by atoms with van der Waals surface area (Å²) in [5.41, 5.74) is 2.30. The lowest BCUT2D eigenvalue weighted by Gasteiger charge is -2.23. The number of rotatable bonds is 3. The number of carboxylic acids is 1. The smallest absolute Gasteiger partial charge is 0.326 e. The fraction of sp³-hybridized carbons (Fsp3) is 0.467. The van der Waals surface area contributed by atoms with Crippen molar-refractivity contribution in [3.05, 3.63) is 28.8 Å². The van der Waals surface area contributed by atoms with E-state index in [0.717, 1.165) is 23.3 Å². The fourth-order valence-electron chi connectivity index (χ4n) is 2.67. The lowest BCUT2D eigenvalue weighted by atomic mass is 10.0. The Bertz CT molecular complexity index is 553. The normalized spacial score (nSPS) is 18.1. The second kappa shape index (κ2) is 5.53. The Hall–Kier alpha value is -2.04. The zero-order valence-electron chi connectivity index (χ0n) is 12.0. The minimum Gasteiger partial charge on any atom is -0.496 e. The third kappa shape index (κ3) is 2.35. The number of carbonyl (C=O) groups is 2. The molecule has 0 aliphatic carbocycles. The zero-order chi connectivity index (χ0) is 14.9. The predicted molar refractivity (Wildman–Crippen MR) is 74.2 cm³/mol. The summed E-state index contributed by atoms with van der Waals surface area (Å²) in [6.07, 6.45) is 1.26. The third-order valence-electron chi connectivity index (χ3n) is 3.99. The summed E-state index contributed by atoms with van der Waals surface area (Å²) in [4.78, 5) is 25.2. The van der Waals surface area contributed by atoms with Gasteiger partial charge in [0.2, 0.25) is 0 Å². The molecule has 1 aliphatic rings. The van der Waals surface area contributed by atoms with Crippen LogP contribution in [0.3, 0.4) is 0 Å². The maximum absolute atomic E-state index is 12.6. The molecule has 0 bridgehead atoms. The summed E-state index contributed by atoms with van der Waals surface area (Å²) in [6.45, 7) is 4.25. The summed E-state index contributed by atoms with van der Waals surface area (Å²) in [5.74, 6) is -0.410. The number of methoxy groups -OCH3 is 1. The molecule has 2 rings (SSSR count). The first-order valence-electron chi connectivity index (χ1n) is 6.65. The van der Waals surface area contributed by atoms with Gasteiger partial charge in [-0.05, 0) is 49.9 Å². The lowest BCUT2D eigenvalue weighted by Crippen LogP contribution is -2.40. The topological polar surface area (TPSA) is 66.8 Å². The molecular formula is C15H19NO4. The highest BCUT2D eigenvalue weighted by Crippen LogP contribution is 2.27. The van der Waals surface area contributed by atoms with Crippen molar-refractivity contribution in [3.8, 4) is 5.75 Å². The van der Waals surface area contributed by atoms with Crippen LogP contribution in [0.5, 0.6) is 5.75 Å². The molecule has 1 heterocycles. The van der Waals surface area contributed by atoms with Crippen molar-refractivity contribution in [1.82, 2.24) is 4.90 Å². The minimum atomic E-state index is -0.932. The summed E-state index contributed by atoms with van der Waals surface area (Å²) in [5, 5.41) is 9.17. The molecule has 1 saturated heterocycles. The van der Waals surface area contributed by atoms with Crippen LogP contribution in [-0.4, -0.2) is 41.6 Å². The van der Waals surface area contributed by atoms with E-state index >= 15 is 0 Å². The first kappa shape index (κ1) is 14.4. The van der Waals surface area contributed by atoms with Gasteiger partial charge >= 0.3 is 5.97 Å². The molecule has 108 valence electrons. The number of hydrogen-bond donors (Lipinski definition) is 1. The summed E-state index contributed by atoms with van der Waals surface area (Å²) in [7, 11) is 1.59. The van der Waals surface area contributed by atoms with Crippen molar-refractivity contribution < 1.29 is 19.4 Å². The summed E-state index contributed by atoms with van der Waals surface area (Å²) in [6, 6.07) is 2.76. The Morgan fingerprint density at radius 3 is 2.60 bits per heavy atom. The number of nitrogens with zero attached hydrogens (tertiary/aromatic N) is 1. The number of likely N-dealkylation sites (tertiary alicyclic amines) is 1. The molecule has 1 amide bonds. The Morgan fingerprint density at radius 2 is 2.00 bits per heavy atom. The molecule has 0 saturated carbocycles. The van der Waals surface area contributed by atoms with Gasteiger partial charge < -0.3 is 14.7 Å². The molecule has 5 heteroatoms. The van der Waals surface area contributed by atoms with E-state index in [0.29, 0.717) is 18.5 Å². The predicted octanol–water partition coefficient (Wildman–Crippen LogP) is 2.00. The van der Waals surface area contributed by atoms with E-state index in [-0.39, 0.29) is 5.91 Å². The van der Waals surface area contributed by atoms with Crippen LogP contribution >= 0.6 is 0 Å². The quantitative estimate of drug-likeness (QED) is 0.917. The van der Waals surface area contributed by atoms with Crippen LogP contribution in [0.2, 0.25) is 0 Å². The number of aliphatic carboxylic acids is 1. The van der Waals surface area contributed by atoms with E-state index in [9.17, 15) is 14.7 Å². The fourth-order valence-corrected chi connectivity index (χ4v) is 2.67. The minimum absolute atomic E-state index is 0.210. The number of ether oxygens (including phenoxy) is 1. The van der Waals surface area contributed by atoms with Crippen molar-refractivity contribution in [2.75, 3.05) is 13.7 Å². The van der Waals surface area contributed by atoms with E-state index in [1.54, 1.807) is 19.2 Å². The molecule has 1 aromatic rings. The maximum atomic E-state index is 12.6. The molecular weight excluding hydrogens is 258 g/mol. The van der Waals surface area contributed by atoms with Crippen molar-refractivity contribution in [1.29, 1.82) is 0 Å². The molecule has 0 radical (unpaired) electrons. The lowest BCUT2D eigenvalue weighted by molar-refractivity contribution is -0.141. The number of carbonyl (C=O) groups excluding carboxylic acids is 1. The molecule has 0 aromatic heterocycles. The highest BCUT2D eigenvalue weighted by molar-refractivity contribution is 5.98. The van der Waals surface area contributed by atoms with Crippen molar-refractivity contribution in [2.45, 2.75) is 32.7 Å². The number of carboxylic acid groups (broad SMARTS) is 1. The first-order valence-corrected chi connectivity index (χ1v) is 6.65. The van der Waals surface area contributed by atoms with Gasteiger partial charge in [0.25, 0.3) is 5.91 Å². The molecule has 20 heavy (non-hydrogen) atoms. The zero-order valence-corrected chi connectivity index (χ0v) is 12.0. The average molecular weight is 277 g/mol. The monoisotopic (exact) mass is 277 g/mol. The van der Waals surface area contributed by atoms with Crippen molar-refractivity contribution in [2.24, 2.45) is 0 Å². The largest absolute Gasteiger partial charge is 0.496 e. The Labute approximate surface area is 118 Å². The van der Waals surface area contributed by atoms with Crippen LogP contribution in [0.25, 0.3) is 0 Å². The van der Waals surface area contributed by atoms with Gasteiger partial charge in [0.1, 0.15) is 11.8 Å². The van der Waals surface area contributed by atoms with Gasteiger partial charge in [-0.1, -0.05) is 0 Å².